The monoisotopic (exact) mass is 295 g/mol. The van der Waals surface area contributed by atoms with Crippen molar-refractivity contribution in [3.05, 3.63) is 59.2 Å². The molecule has 0 bridgehead atoms. The number of rotatable bonds is 4. The number of fused-ring (bicyclic) bond motifs is 1. The summed E-state index contributed by atoms with van der Waals surface area (Å²) >= 11 is 0. The average molecular weight is 295 g/mol. The molecular weight excluding hydrogens is 270 g/mol. The van der Waals surface area contributed by atoms with Crippen molar-refractivity contribution < 1.29 is 4.74 Å². The van der Waals surface area contributed by atoms with E-state index in [1.807, 2.05) is 6.07 Å². The molecule has 0 fully saturated rings. The van der Waals surface area contributed by atoms with E-state index in [0.29, 0.717) is 11.8 Å². The fourth-order valence-corrected chi connectivity index (χ4v) is 3.42. The van der Waals surface area contributed by atoms with Crippen LogP contribution < -0.4 is 10.1 Å². The van der Waals surface area contributed by atoms with Crippen LogP contribution in [0.15, 0.2) is 42.5 Å². The van der Waals surface area contributed by atoms with Crippen LogP contribution in [-0.4, -0.2) is 13.7 Å². The van der Waals surface area contributed by atoms with Gasteiger partial charge in [-0.2, -0.15) is 0 Å². The lowest BCUT2D eigenvalue weighted by atomic mass is 9.81. The highest BCUT2D eigenvalue weighted by atomic mass is 16.5. The summed E-state index contributed by atoms with van der Waals surface area (Å²) in [5, 5.41) is 3.54. The normalized spacial score (nSPS) is 17.0. The van der Waals surface area contributed by atoms with Crippen LogP contribution in [0.5, 0.6) is 5.75 Å². The Labute approximate surface area is 133 Å². The maximum absolute atomic E-state index is 5.32. The van der Waals surface area contributed by atoms with E-state index in [0.717, 1.165) is 18.7 Å². The van der Waals surface area contributed by atoms with Crippen LogP contribution in [0.25, 0.3) is 0 Å². The van der Waals surface area contributed by atoms with Gasteiger partial charge in [-0.15, -0.1) is 0 Å². The van der Waals surface area contributed by atoms with E-state index in [4.69, 9.17) is 4.74 Å². The number of benzene rings is 2. The predicted molar refractivity (Wildman–Crippen MR) is 92.9 cm³/mol. The Bertz CT molecular complexity index is 648. The molecule has 0 amide bonds. The molecular formula is C20H25NO. The largest absolute Gasteiger partial charge is 0.497 e. The van der Waals surface area contributed by atoms with Crippen LogP contribution >= 0.6 is 0 Å². The lowest BCUT2D eigenvalue weighted by molar-refractivity contribution is 0.414. The van der Waals surface area contributed by atoms with Crippen LogP contribution in [0, 0.1) is 5.92 Å². The van der Waals surface area contributed by atoms with Crippen molar-refractivity contribution in [2.75, 3.05) is 19.0 Å². The molecule has 1 atom stereocenters. The number of nitrogens with one attached hydrogen (secondary N) is 1. The van der Waals surface area contributed by atoms with Gasteiger partial charge in [0.05, 0.1) is 7.11 Å². The molecule has 22 heavy (non-hydrogen) atoms. The van der Waals surface area contributed by atoms with Crippen molar-refractivity contribution >= 4 is 5.69 Å². The van der Waals surface area contributed by atoms with Crippen molar-refractivity contribution in [2.45, 2.75) is 32.6 Å². The lowest BCUT2D eigenvalue weighted by Gasteiger charge is -2.30. The van der Waals surface area contributed by atoms with Crippen molar-refractivity contribution in [1.29, 1.82) is 0 Å². The Morgan fingerprint density at radius 1 is 1.14 bits per heavy atom. The second-order valence-corrected chi connectivity index (χ2v) is 6.52. The molecule has 1 unspecified atom stereocenters. The van der Waals surface area contributed by atoms with Crippen LogP contribution in [0.1, 0.15) is 42.9 Å². The molecule has 0 aromatic heterocycles. The Kier molecular flexibility index (Phi) is 4.37. The van der Waals surface area contributed by atoms with Gasteiger partial charge in [0.1, 0.15) is 5.75 Å². The Morgan fingerprint density at radius 2 is 1.95 bits per heavy atom. The number of hydrogen-bond acceptors (Lipinski definition) is 2. The second kappa shape index (κ2) is 6.43. The summed E-state index contributed by atoms with van der Waals surface area (Å²) in [5.74, 6) is 2.28. The molecule has 2 aromatic carbocycles. The highest BCUT2D eigenvalue weighted by Gasteiger charge is 2.22. The average Bonchev–Trinajstić information content (AvgIpc) is 2.54. The van der Waals surface area contributed by atoms with Gasteiger partial charge in [0.15, 0.2) is 0 Å². The quantitative estimate of drug-likeness (QED) is 0.871. The minimum atomic E-state index is 0.668. The van der Waals surface area contributed by atoms with Gasteiger partial charge >= 0.3 is 0 Å². The van der Waals surface area contributed by atoms with Gasteiger partial charge in [-0.25, -0.2) is 0 Å². The fraction of sp³-hybridized carbons (Fsp3) is 0.400. The predicted octanol–water partition coefficient (Wildman–Crippen LogP) is 4.84. The Balaban J connectivity index is 1.87. The smallest absolute Gasteiger partial charge is 0.119 e. The summed E-state index contributed by atoms with van der Waals surface area (Å²) in [6.45, 7) is 5.74. The molecule has 0 spiro atoms. The molecule has 0 saturated carbocycles. The first-order valence-electron chi connectivity index (χ1n) is 8.17. The summed E-state index contributed by atoms with van der Waals surface area (Å²) in [6.07, 6.45) is 2.18. The third-order valence-corrected chi connectivity index (χ3v) is 4.63. The molecule has 2 heteroatoms. The Hall–Kier alpha value is -1.96. The third kappa shape index (κ3) is 3.11. The summed E-state index contributed by atoms with van der Waals surface area (Å²) in [6, 6.07) is 15.2. The van der Waals surface area contributed by atoms with E-state index < -0.39 is 0 Å². The molecule has 2 aromatic rings. The number of hydrogen-bond donors (Lipinski definition) is 1. The van der Waals surface area contributed by atoms with Crippen molar-refractivity contribution in [3.63, 3.8) is 0 Å². The topological polar surface area (TPSA) is 21.3 Å². The van der Waals surface area contributed by atoms with E-state index in [2.05, 4.69) is 55.6 Å². The van der Waals surface area contributed by atoms with E-state index in [-0.39, 0.29) is 0 Å². The van der Waals surface area contributed by atoms with E-state index in [9.17, 15) is 0 Å². The molecule has 0 aliphatic carbocycles. The molecule has 1 aliphatic heterocycles. The highest BCUT2D eigenvalue weighted by molar-refractivity contribution is 5.57. The molecule has 116 valence electrons. The third-order valence-electron chi connectivity index (χ3n) is 4.63. The first kappa shape index (κ1) is 15.0. The second-order valence-electron chi connectivity index (χ2n) is 6.52. The molecule has 3 rings (SSSR count). The molecule has 1 aliphatic rings. The van der Waals surface area contributed by atoms with Crippen LogP contribution in [0.4, 0.5) is 5.69 Å². The van der Waals surface area contributed by atoms with Gasteiger partial charge in [0.25, 0.3) is 0 Å². The molecule has 2 nitrogen and oxygen atoms in total. The zero-order chi connectivity index (χ0) is 15.5. The van der Waals surface area contributed by atoms with E-state index in [1.54, 1.807) is 7.11 Å². The number of anilines is 1. The summed E-state index contributed by atoms with van der Waals surface area (Å²) in [5.41, 5.74) is 5.48. The van der Waals surface area contributed by atoms with Gasteiger partial charge in [-0.05, 0) is 59.6 Å². The minimum Gasteiger partial charge on any atom is -0.497 e. The van der Waals surface area contributed by atoms with Gasteiger partial charge in [0.2, 0.25) is 0 Å². The van der Waals surface area contributed by atoms with Crippen molar-refractivity contribution in [2.24, 2.45) is 5.92 Å². The number of methoxy groups -OCH3 is 1. The van der Waals surface area contributed by atoms with Crippen LogP contribution in [0.3, 0.4) is 0 Å². The summed E-state index contributed by atoms with van der Waals surface area (Å²) in [4.78, 5) is 0. The van der Waals surface area contributed by atoms with Crippen LogP contribution in [-0.2, 0) is 6.42 Å². The SMILES string of the molecule is COc1cccc(Cc2ccc3c(c2)C(C(C)C)CCN3)c1. The van der Waals surface area contributed by atoms with E-state index in [1.165, 1.54) is 28.8 Å². The molecule has 1 heterocycles. The first-order chi connectivity index (χ1) is 10.7. The molecule has 1 N–H and O–H groups in total. The van der Waals surface area contributed by atoms with Gasteiger partial charge in [-0.3, -0.25) is 0 Å². The fourth-order valence-electron chi connectivity index (χ4n) is 3.42. The van der Waals surface area contributed by atoms with Crippen LogP contribution in [0.2, 0.25) is 0 Å². The van der Waals surface area contributed by atoms with Gasteiger partial charge in [-0.1, -0.05) is 38.1 Å². The zero-order valence-electron chi connectivity index (χ0n) is 13.7. The molecule has 0 saturated heterocycles. The number of ether oxygens (including phenoxy) is 1. The van der Waals surface area contributed by atoms with Crippen molar-refractivity contribution in [3.8, 4) is 5.75 Å². The molecule has 0 radical (unpaired) electrons. The van der Waals surface area contributed by atoms with Gasteiger partial charge < -0.3 is 10.1 Å². The first-order valence-corrected chi connectivity index (χ1v) is 8.17. The Morgan fingerprint density at radius 3 is 2.73 bits per heavy atom. The van der Waals surface area contributed by atoms with Crippen molar-refractivity contribution in [1.82, 2.24) is 0 Å². The van der Waals surface area contributed by atoms with E-state index >= 15 is 0 Å². The van der Waals surface area contributed by atoms with Gasteiger partial charge in [0, 0.05) is 12.2 Å². The summed E-state index contributed by atoms with van der Waals surface area (Å²) < 4.78 is 5.32. The highest BCUT2D eigenvalue weighted by Crippen LogP contribution is 2.37. The summed E-state index contributed by atoms with van der Waals surface area (Å²) in [7, 11) is 1.72. The lowest BCUT2D eigenvalue weighted by Crippen LogP contribution is -2.20. The minimum absolute atomic E-state index is 0.668. The maximum Gasteiger partial charge on any atom is 0.119 e. The zero-order valence-corrected chi connectivity index (χ0v) is 13.7. The standard InChI is InChI=1S/C20H25NO/c1-14(2)18-9-10-21-20-8-7-16(13-19(18)20)11-15-5-4-6-17(12-15)22-3/h4-8,12-14,18,21H,9-11H2,1-3H3. The maximum atomic E-state index is 5.32.